The molecule has 17 heavy (non-hydrogen) atoms. The molecule has 88 valence electrons. The maximum Gasteiger partial charge on any atom is 0.132 e. The van der Waals surface area contributed by atoms with Gasteiger partial charge in [0, 0.05) is 11.4 Å². The standard InChI is InChI=1S/C12H12ClN3S/c1-7-3-8(2)15-11(4-7)17-12-6-9(14)5-10(13)16-12/h3-6H,1-2H3,(H2,14,16). The van der Waals surface area contributed by atoms with Gasteiger partial charge in [-0.3, -0.25) is 0 Å². The predicted molar refractivity (Wildman–Crippen MR) is 71.5 cm³/mol. The third-order valence-corrected chi connectivity index (χ3v) is 3.11. The van der Waals surface area contributed by atoms with Gasteiger partial charge < -0.3 is 5.73 Å². The fourth-order valence-corrected chi connectivity index (χ4v) is 2.76. The summed E-state index contributed by atoms with van der Waals surface area (Å²) in [7, 11) is 0. The quantitative estimate of drug-likeness (QED) is 0.845. The van der Waals surface area contributed by atoms with Gasteiger partial charge in [-0.2, -0.15) is 0 Å². The summed E-state index contributed by atoms with van der Waals surface area (Å²) < 4.78 is 0. The fraction of sp³-hybridized carbons (Fsp3) is 0.167. The van der Waals surface area contributed by atoms with Gasteiger partial charge in [-0.25, -0.2) is 9.97 Å². The Morgan fingerprint density at radius 2 is 1.76 bits per heavy atom. The van der Waals surface area contributed by atoms with Crippen molar-refractivity contribution in [1.82, 2.24) is 9.97 Å². The molecule has 0 saturated heterocycles. The number of aromatic nitrogens is 2. The molecule has 0 radical (unpaired) electrons. The zero-order valence-corrected chi connectivity index (χ0v) is 11.1. The molecular formula is C12H12ClN3S. The molecule has 0 spiro atoms. The van der Waals surface area contributed by atoms with Crippen molar-refractivity contribution in [3.05, 3.63) is 40.7 Å². The Balaban J connectivity index is 2.31. The smallest absolute Gasteiger partial charge is 0.132 e. The average Bonchev–Trinajstić information content (AvgIpc) is 2.13. The first-order valence-corrected chi connectivity index (χ1v) is 6.28. The summed E-state index contributed by atoms with van der Waals surface area (Å²) in [5.41, 5.74) is 8.49. The molecular weight excluding hydrogens is 254 g/mol. The molecule has 5 heteroatoms. The molecule has 2 N–H and O–H groups in total. The number of halogens is 1. The molecule has 0 unspecified atom stereocenters. The Labute approximate surface area is 109 Å². The lowest BCUT2D eigenvalue weighted by Gasteiger charge is -2.04. The Morgan fingerprint density at radius 1 is 1.06 bits per heavy atom. The van der Waals surface area contributed by atoms with Gasteiger partial charge in [0.25, 0.3) is 0 Å². The largest absolute Gasteiger partial charge is 0.399 e. The van der Waals surface area contributed by atoms with Crippen LogP contribution in [0.2, 0.25) is 5.15 Å². The van der Waals surface area contributed by atoms with Crippen molar-refractivity contribution >= 4 is 29.1 Å². The summed E-state index contributed by atoms with van der Waals surface area (Å²) in [5.74, 6) is 0. The van der Waals surface area contributed by atoms with Crippen molar-refractivity contribution in [3.8, 4) is 0 Å². The van der Waals surface area contributed by atoms with Crippen LogP contribution >= 0.6 is 23.4 Å². The zero-order chi connectivity index (χ0) is 12.4. The Morgan fingerprint density at radius 3 is 2.41 bits per heavy atom. The van der Waals surface area contributed by atoms with Crippen molar-refractivity contribution in [2.24, 2.45) is 0 Å². The highest BCUT2D eigenvalue weighted by Gasteiger charge is 2.04. The second-order valence-corrected chi connectivity index (χ2v) is 5.22. The number of anilines is 1. The van der Waals surface area contributed by atoms with Gasteiger partial charge in [-0.1, -0.05) is 11.6 Å². The topological polar surface area (TPSA) is 51.8 Å². The molecule has 0 fully saturated rings. The van der Waals surface area contributed by atoms with E-state index in [9.17, 15) is 0 Å². The number of nitrogens with zero attached hydrogens (tertiary/aromatic N) is 2. The van der Waals surface area contributed by atoms with E-state index in [1.807, 2.05) is 26.0 Å². The Bertz CT molecular complexity index is 467. The zero-order valence-electron chi connectivity index (χ0n) is 9.57. The van der Waals surface area contributed by atoms with E-state index in [0.717, 1.165) is 15.7 Å². The normalized spacial score (nSPS) is 10.5. The summed E-state index contributed by atoms with van der Waals surface area (Å²) in [6.45, 7) is 4.01. The van der Waals surface area contributed by atoms with Gasteiger partial charge in [0.05, 0.1) is 0 Å². The molecule has 0 bridgehead atoms. The van der Waals surface area contributed by atoms with E-state index in [-0.39, 0.29) is 0 Å². The minimum atomic E-state index is 0.400. The van der Waals surface area contributed by atoms with E-state index in [1.54, 1.807) is 12.1 Å². The van der Waals surface area contributed by atoms with Crippen molar-refractivity contribution < 1.29 is 0 Å². The summed E-state index contributed by atoms with van der Waals surface area (Å²) in [6, 6.07) is 7.46. The molecule has 2 rings (SSSR count). The lowest BCUT2D eigenvalue weighted by Crippen LogP contribution is -1.91. The maximum absolute atomic E-state index is 5.85. The summed E-state index contributed by atoms with van der Waals surface area (Å²) in [4.78, 5) is 8.62. The predicted octanol–water partition coefficient (Wildman–Crippen LogP) is 3.48. The molecule has 2 heterocycles. The van der Waals surface area contributed by atoms with Crippen LogP contribution in [-0.4, -0.2) is 9.97 Å². The molecule has 0 saturated carbocycles. The summed E-state index contributed by atoms with van der Waals surface area (Å²) in [5, 5.41) is 2.06. The van der Waals surface area contributed by atoms with Crippen molar-refractivity contribution in [2.45, 2.75) is 23.9 Å². The van der Waals surface area contributed by atoms with Gasteiger partial charge in [0.1, 0.15) is 15.2 Å². The number of pyridine rings is 2. The molecule has 3 nitrogen and oxygen atoms in total. The first-order valence-electron chi connectivity index (χ1n) is 5.09. The highest BCUT2D eigenvalue weighted by atomic mass is 35.5. The maximum atomic E-state index is 5.85. The fourth-order valence-electron chi connectivity index (χ4n) is 1.51. The van der Waals surface area contributed by atoms with Crippen LogP contribution in [0, 0.1) is 13.8 Å². The third kappa shape index (κ3) is 3.35. The van der Waals surface area contributed by atoms with Crippen LogP contribution in [0.15, 0.2) is 34.3 Å². The number of aryl methyl sites for hydroxylation is 2. The number of hydrogen-bond acceptors (Lipinski definition) is 4. The molecule has 0 aliphatic heterocycles. The Hall–Kier alpha value is -1.26. The average molecular weight is 266 g/mol. The third-order valence-electron chi connectivity index (χ3n) is 2.08. The van der Waals surface area contributed by atoms with Crippen LogP contribution in [0.25, 0.3) is 0 Å². The van der Waals surface area contributed by atoms with Crippen molar-refractivity contribution in [1.29, 1.82) is 0 Å². The molecule has 2 aromatic heterocycles. The van der Waals surface area contributed by atoms with Crippen molar-refractivity contribution in [2.75, 3.05) is 5.73 Å². The van der Waals surface area contributed by atoms with E-state index in [4.69, 9.17) is 17.3 Å². The SMILES string of the molecule is Cc1cc(C)nc(Sc2cc(N)cc(Cl)n2)c1. The first-order chi connectivity index (χ1) is 8.02. The van der Waals surface area contributed by atoms with E-state index in [0.29, 0.717) is 10.8 Å². The van der Waals surface area contributed by atoms with Gasteiger partial charge in [0.2, 0.25) is 0 Å². The van der Waals surface area contributed by atoms with Gasteiger partial charge >= 0.3 is 0 Å². The summed E-state index contributed by atoms with van der Waals surface area (Å²) in [6.07, 6.45) is 0. The van der Waals surface area contributed by atoms with Crippen LogP contribution in [0.5, 0.6) is 0 Å². The van der Waals surface area contributed by atoms with E-state index >= 15 is 0 Å². The molecule has 0 aliphatic rings. The van der Waals surface area contributed by atoms with Crippen LogP contribution in [0.1, 0.15) is 11.3 Å². The lowest BCUT2D eigenvalue weighted by atomic mass is 10.3. The number of rotatable bonds is 2. The highest BCUT2D eigenvalue weighted by molar-refractivity contribution is 7.99. The summed E-state index contributed by atoms with van der Waals surface area (Å²) >= 11 is 7.31. The minimum Gasteiger partial charge on any atom is -0.399 e. The second kappa shape index (κ2) is 4.94. The van der Waals surface area contributed by atoms with Gasteiger partial charge in [0.15, 0.2) is 0 Å². The van der Waals surface area contributed by atoms with Crippen molar-refractivity contribution in [3.63, 3.8) is 0 Å². The van der Waals surface area contributed by atoms with E-state index in [1.165, 1.54) is 17.3 Å². The van der Waals surface area contributed by atoms with Crippen LogP contribution in [0.4, 0.5) is 5.69 Å². The lowest BCUT2D eigenvalue weighted by molar-refractivity contribution is 1.04. The highest BCUT2D eigenvalue weighted by Crippen LogP contribution is 2.28. The molecule has 0 amide bonds. The monoisotopic (exact) mass is 265 g/mol. The van der Waals surface area contributed by atoms with Crippen LogP contribution in [-0.2, 0) is 0 Å². The van der Waals surface area contributed by atoms with Gasteiger partial charge in [-0.15, -0.1) is 0 Å². The van der Waals surface area contributed by atoms with E-state index < -0.39 is 0 Å². The van der Waals surface area contributed by atoms with Crippen LogP contribution < -0.4 is 5.73 Å². The van der Waals surface area contributed by atoms with Gasteiger partial charge in [-0.05, 0) is 55.4 Å². The number of nitrogen functional groups attached to an aromatic ring is 1. The molecule has 0 aromatic carbocycles. The molecule has 0 aliphatic carbocycles. The number of nitrogens with two attached hydrogens (primary N) is 1. The number of hydrogen-bond donors (Lipinski definition) is 1. The van der Waals surface area contributed by atoms with E-state index in [2.05, 4.69) is 9.97 Å². The Kier molecular flexibility index (Phi) is 3.54. The molecule has 2 aromatic rings. The van der Waals surface area contributed by atoms with Crippen LogP contribution in [0.3, 0.4) is 0 Å². The first kappa shape index (κ1) is 12.2. The molecule has 0 atom stereocenters. The minimum absolute atomic E-state index is 0.400. The second-order valence-electron chi connectivity index (χ2n) is 3.79.